The van der Waals surface area contributed by atoms with Crippen LogP contribution in [0.1, 0.15) is 12.0 Å². The predicted molar refractivity (Wildman–Crippen MR) is 60.6 cm³/mol. The van der Waals surface area contributed by atoms with E-state index in [1.54, 1.807) is 19.2 Å². The summed E-state index contributed by atoms with van der Waals surface area (Å²) in [7, 11) is 1.68. The maximum absolute atomic E-state index is 8.69. The highest BCUT2D eigenvalue weighted by Crippen LogP contribution is 2.16. The van der Waals surface area contributed by atoms with Gasteiger partial charge in [0.05, 0.1) is 11.3 Å². The Labute approximate surface area is 89.7 Å². The van der Waals surface area contributed by atoms with Crippen LogP contribution >= 0.6 is 0 Å². The molecule has 0 spiro atoms. The normalized spacial score (nSPS) is 9.60. The maximum atomic E-state index is 8.69. The van der Waals surface area contributed by atoms with E-state index in [0.29, 0.717) is 11.3 Å². The van der Waals surface area contributed by atoms with Crippen molar-refractivity contribution in [2.75, 3.05) is 31.3 Å². The van der Waals surface area contributed by atoms with Gasteiger partial charge >= 0.3 is 0 Å². The fourth-order valence-electron chi connectivity index (χ4n) is 1.22. The Morgan fingerprint density at radius 1 is 1.53 bits per heavy atom. The minimum atomic E-state index is 0.509. The lowest BCUT2D eigenvalue weighted by molar-refractivity contribution is 0.198. The van der Waals surface area contributed by atoms with Gasteiger partial charge in [0, 0.05) is 25.9 Å². The average Bonchev–Trinajstić information content (AvgIpc) is 2.25. The molecule has 0 saturated carbocycles. The van der Waals surface area contributed by atoms with Gasteiger partial charge in [-0.05, 0) is 24.6 Å². The number of hydrogen-bond donors (Lipinski definition) is 2. The molecule has 0 saturated heterocycles. The van der Waals surface area contributed by atoms with Crippen LogP contribution in [-0.2, 0) is 4.74 Å². The SMILES string of the molecule is COCCCNc1ccc(C#N)c(N)c1. The van der Waals surface area contributed by atoms with Crippen LogP contribution in [-0.4, -0.2) is 20.3 Å². The summed E-state index contributed by atoms with van der Waals surface area (Å²) in [6, 6.07) is 7.36. The molecule has 4 nitrogen and oxygen atoms in total. The molecule has 3 N–H and O–H groups in total. The van der Waals surface area contributed by atoms with E-state index in [-0.39, 0.29) is 0 Å². The number of nitrogens with one attached hydrogen (secondary N) is 1. The van der Waals surface area contributed by atoms with E-state index < -0.39 is 0 Å². The van der Waals surface area contributed by atoms with Gasteiger partial charge in [0.25, 0.3) is 0 Å². The lowest BCUT2D eigenvalue weighted by Gasteiger charge is -2.07. The molecule has 80 valence electrons. The summed E-state index contributed by atoms with van der Waals surface area (Å²) in [5, 5.41) is 11.9. The van der Waals surface area contributed by atoms with E-state index >= 15 is 0 Å². The van der Waals surface area contributed by atoms with Crippen LogP contribution in [0.5, 0.6) is 0 Å². The van der Waals surface area contributed by atoms with Crippen LogP contribution in [0.2, 0.25) is 0 Å². The summed E-state index contributed by atoms with van der Waals surface area (Å²) in [5.41, 5.74) is 7.63. The second kappa shape index (κ2) is 5.89. The van der Waals surface area contributed by atoms with E-state index in [1.807, 2.05) is 12.1 Å². The third-order valence-corrected chi connectivity index (χ3v) is 2.03. The molecule has 0 unspecified atom stereocenters. The lowest BCUT2D eigenvalue weighted by atomic mass is 10.2. The molecule has 4 heteroatoms. The third-order valence-electron chi connectivity index (χ3n) is 2.03. The van der Waals surface area contributed by atoms with Crippen molar-refractivity contribution in [1.29, 1.82) is 5.26 Å². The monoisotopic (exact) mass is 205 g/mol. The van der Waals surface area contributed by atoms with Crippen LogP contribution in [0.4, 0.5) is 11.4 Å². The van der Waals surface area contributed by atoms with Gasteiger partial charge in [-0.1, -0.05) is 0 Å². The highest BCUT2D eigenvalue weighted by molar-refractivity contribution is 5.62. The van der Waals surface area contributed by atoms with Gasteiger partial charge < -0.3 is 15.8 Å². The van der Waals surface area contributed by atoms with Crippen molar-refractivity contribution in [2.24, 2.45) is 0 Å². The lowest BCUT2D eigenvalue weighted by Crippen LogP contribution is -2.05. The minimum absolute atomic E-state index is 0.509. The Kier molecular flexibility index (Phi) is 4.45. The highest BCUT2D eigenvalue weighted by atomic mass is 16.5. The molecule has 1 aromatic carbocycles. The van der Waals surface area contributed by atoms with Crippen molar-refractivity contribution in [3.63, 3.8) is 0 Å². The second-order valence-corrected chi connectivity index (χ2v) is 3.19. The zero-order valence-electron chi connectivity index (χ0n) is 8.79. The first-order valence-electron chi connectivity index (χ1n) is 4.80. The zero-order valence-corrected chi connectivity index (χ0v) is 8.79. The molecule has 0 aliphatic carbocycles. The summed E-state index contributed by atoms with van der Waals surface area (Å²) in [6.45, 7) is 1.57. The Morgan fingerprint density at radius 2 is 2.33 bits per heavy atom. The molecular weight excluding hydrogens is 190 g/mol. The van der Waals surface area contributed by atoms with E-state index in [1.165, 1.54) is 0 Å². The number of anilines is 2. The molecule has 0 fully saturated rings. The molecule has 15 heavy (non-hydrogen) atoms. The van der Waals surface area contributed by atoms with Gasteiger partial charge in [-0.2, -0.15) is 5.26 Å². The van der Waals surface area contributed by atoms with Crippen molar-refractivity contribution in [1.82, 2.24) is 0 Å². The molecule has 0 atom stereocenters. The van der Waals surface area contributed by atoms with Crippen LogP contribution in [0.3, 0.4) is 0 Å². The number of nitrogens with two attached hydrogens (primary N) is 1. The quantitative estimate of drug-likeness (QED) is 0.565. The van der Waals surface area contributed by atoms with Crippen LogP contribution in [0.25, 0.3) is 0 Å². The van der Waals surface area contributed by atoms with E-state index in [9.17, 15) is 0 Å². The van der Waals surface area contributed by atoms with Crippen molar-refractivity contribution in [3.8, 4) is 6.07 Å². The Bertz CT molecular complexity index is 357. The molecule has 1 rings (SSSR count). The first-order valence-corrected chi connectivity index (χ1v) is 4.80. The van der Waals surface area contributed by atoms with E-state index in [4.69, 9.17) is 15.7 Å². The number of rotatable bonds is 5. The number of ether oxygens (including phenoxy) is 1. The second-order valence-electron chi connectivity index (χ2n) is 3.19. The van der Waals surface area contributed by atoms with Crippen molar-refractivity contribution >= 4 is 11.4 Å². The molecule has 0 aliphatic rings. The van der Waals surface area contributed by atoms with Crippen LogP contribution < -0.4 is 11.1 Å². The topological polar surface area (TPSA) is 71.1 Å². The number of hydrogen-bond acceptors (Lipinski definition) is 4. The Balaban J connectivity index is 2.49. The summed E-state index contributed by atoms with van der Waals surface area (Å²) in [5.74, 6) is 0. The number of nitrogen functional groups attached to an aromatic ring is 1. The Morgan fingerprint density at radius 3 is 2.93 bits per heavy atom. The first-order chi connectivity index (χ1) is 7.27. The standard InChI is InChI=1S/C11H15N3O/c1-15-6-2-5-14-10-4-3-9(8-12)11(13)7-10/h3-4,7,14H,2,5-6,13H2,1H3. The summed E-state index contributed by atoms with van der Waals surface area (Å²) < 4.78 is 4.93. The third kappa shape index (κ3) is 3.49. The van der Waals surface area contributed by atoms with Gasteiger partial charge in [-0.25, -0.2) is 0 Å². The van der Waals surface area contributed by atoms with Gasteiger partial charge in [0.15, 0.2) is 0 Å². The van der Waals surface area contributed by atoms with Gasteiger partial charge in [-0.15, -0.1) is 0 Å². The molecule has 0 amide bonds. The number of nitrogens with zero attached hydrogens (tertiary/aromatic N) is 1. The zero-order chi connectivity index (χ0) is 11.1. The number of benzene rings is 1. The molecule has 0 heterocycles. The maximum Gasteiger partial charge on any atom is 0.101 e. The van der Waals surface area contributed by atoms with Crippen LogP contribution in [0.15, 0.2) is 18.2 Å². The van der Waals surface area contributed by atoms with Gasteiger partial charge in [-0.3, -0.25) is 0 Å². The summed E-state index contributed by atoms with van der Waals surface area (Å²) in [4.78, 5) is 0. The highest BCUT2D eigenvalue weighted by Gasteiger charge is 1.98. The smallest absolute Gasteiger partial charge is 0.101 e. The van der Waals surface area contributed by atoms with Gasteiger partial charge in [0.1, 0.15) is 6.07 Å². The average molecular weight is 205 g/mol. The molecular formula is C11H15N3O. The summed E-state index contributed by atoms with van der Waals surface area (Å²) >= 11 is 0. The molecule has 0 aromatic heterocycles. The fourth-order valence-corrected chi connectivity index (χ4v) is 1.22. The fraction of sp³-hybridized carbons (Fsp3) is 0.364. The predicted octanol–water partition coefficient (Wildman–Crippen LogP) is 1.59. The van der Waals surface area contributed by atoms with Crippen molar-refractivity contribution in [3.05, 3.63) is 23.8 Å². The van der Waals surface area contributed by atoms with E-state index in [2.05, 4.69) is 5.32 Å². The van der Waals surface area contributed by atoms with Crippen LogP contribution in [0, 0.1) is 11.3 Å². The molecule has 0 radical (unpaired) electrons. The Hall–Kier alpha value is -1.73. The molecule has 1 aromatic rings. The van der Waals surface area contributed by atoms with Gasteiger partial charge in [0.2, 0.25) is 0 Å². The molecule has 0 aliphatic heterocycles. The first kappa shape index (κ1) is 11.3. The van der Waals surface area contributed by atoms with E-state index in [0.717, 1.165) is 25.3 Å². The van der Waals surface area contributed by atoms with Crippen molar-refractivity contribution < 1.29 is 4.74 Å². The number of nitriles is 1. The minimum Gasteiger partial charge on any atom is -0.398 e. The molecule has 0 bridgehead atoms. The van der Waals surface area contributed by atoms with Crippen molar-refractivity contribution in [2.45, 2.75) is 6.42 Å². The summed E-state index contributed by atoms with van der Waals surface area (Å²) in [6.07, 6.45) is 0.941. The largest absolute Gasteiger partial charge is 0.398 e. The number of methoxy groups -OCH3 is 1.